The van der Waals surface area contributed by atoms with Gasteiger partial charge in [-0.3, -0.25) is 0 Å². The zero-order valence-corrected chi connectivity index (χ0v) is 12.4. The zero-order chi connectivity index (χ0) is 13.4. The molecule has 2 atom stereocenters. The molecule has 2 nitrogen and oxygen atoms in total. The summed E-state index contributed by atoms with van der Waals surface area (Å²) < 4.78 is 0. The summed E-state index contributed by atoms with van der Waals surface area (Å²) in [5.41, 5.74) is 4.48. The Balaban J connectivity index is 1.69. The number of nitrogens with zero attached hydrogens (tertiary/aromatic N) is 1. The molecule has 1 saturated carbocycles. The van der Waals surface area contributed by atoms with Gasteiger partial charge in [0.1, 0.15) is 0 Å². The van der Waals surface area contributed by atoms with Crippen molar-refractivity contribution in [2.45, 2.75) is 57.4 Å². The second kappa shape index (κ2) is 5.31. The van der Waals surface area contributed by atoms with E-state index in [4.69, 9.17) is 0 Å². The van der Waals surface area contributed by atoms with Crippen molar-refractivity contribution >= 4 is 11.4 Å². The highest BCUT2D eigenvalue weighted by Crippen LogP contribution is 2.41. The fourth-order valence-corrected chi connectivity index (χ4v) is 4.65. The monoisotopic (exact) mass is 270 g/mol. The Hall–Kier alpha value is -1.18. The first-order chi connectivity index (χ1) is 9.93. The van der Waals surface area contributed by atoms with Gasteiger partial charge in [0, 0.05) is 19.1 Å². The van der Waals surface area contributed by atoms with E-state index in [0.29, 0.717) is 0 Å². The SMILES string of the molecule is c1cc2c(c(N3CCC[C@H]4CCCC[C@H]43)c1)NCCC2. The van der Waals surface area contributed by atoms with E-state index in [1.165, 1.54) is 74.8 Å². The van der Waals surface area contributed by atoms with Crippen LogP contribution in [-0.2, 0) is 6.42 Å². The van der Waals surface area contributed by atoms with Crippen LogP contribution in [0.15, 0.2) is 18.2 Å². The van der Waals surface area contributed by atoms with E-state index in [2.05, 4.69) is 28.4 Å². The summed E-state index contributed by atoms with van der Waals surface area (Å²) in [7, 11) is 0. The molecule has 1 aliphatic carbocycles. The minimum Gasteiger partial charge on any atom is -0.383 e. The molecule has 1 aromatic rings. The molecule has 2 heterocycles. The van der Waals surface area contributed by atoms with Crippen LogP contribution in [0.25, 0.3) is 0 Å². The number of piperidine rings is 1. The molecule has 4 rings (SSSR count). The summed E-state index contributed by atoms with van der Waals surface area (Å²) in [5.74, 6) is 0.956. The molecule has 108 valence electrons. The lowest BCUT2D eigenvalue weighted by Gasteiger charge is -2.46. The lowest BCUT2D eigenvalue weighted by Crippen LogP contribution is -2.47. The maximum Gasteiger partial charge on any atom is 0.0610 e. The van der Waals surface area contributed by atoms with Crippen LogP contribution < -0.4 is 10.2 Å². The third kappa shape index (κ3) is 2.10. The van der Waals surface area contributed by atoms with Gasteiger partial charge in [0.25, 0.3) is 0 Å². The average molecular weight is 270 g/mol. The highest BCUT2D eigenvalue weighted by atomic mass is 15.2. The molecule has 0 unspecified atom stereocenters. The average Bonchev–Trinajstić information content (AvgIpc) is 2.54. The molecular formula is C18H26N2. The number of hydrogen-bond donors (Lipinski definition) is 1. The largest absolute Gasteiger partial charge is 0.383 e. The van der Waals surface area contributed by atoms with Crippen LogP contribution in [0.3, 0.4) is 0 Å². The number of fused-ring (bicyclic) bond motifs is 2. The van der Waals surface area contributed by atoms with E-state index in [-0.39, 0.29) is 0 Å². The highest BCUT2D eigenvalue weighted by molar-refractivity contribution is 5.75. The lowest BCUT2D eigenvalue weighted by atomic mass is 9.78. The third-order valence-corrected chi connectivity index (χ3v) is 5.61. The molecule has 3 aliphatic rings. The van der Waals surface area contributed by atoms with Crippen LogP contribution in [0.1, 0.15) is 50.5 Å². The molecule has 0 amide bonds. The van der Waals surface area contributed by atoms with Crippen molar-refractivity contribution in [1.82, 2.24) is 0 Å². The zero-order valence-electron chi connectivity index (χ0n) is 12.4. The maximum atomic E-state index is 3.68. The van der Waals surface area contributed by atoms with E-state index >= 15 is 0 Å². The van der Waals surface area contributed by atoms with Gasteiger partial charge >= 0.3 is 0 Å². The van der Waals surface area contributed by atoms with Crippen molar-refractivity contribution < 1.29 is 0 Å². The van der Waals surface area contributed by atoms with Gasteiger partial charge in [-0.25, -0.2) is 0 Å². The predicted octanol–water partition coefficient (Wildman–Crippen LogP) is 4.20. The molecule has 1 N–H and O–H groups in total. The van der Waals surface area contributed by atoms with Crippen molar-refractivity contribution in [3.05, 3.63) is 23.8 Å². The minimum absolute atomic E-state index is 0.813. The van der Waals surface area contributed by atoms with Gasteiger partial charge < -0.3 is 10.2 Å². The first-order valence-electron chi connectivity index (χ1n) is 8.56. The van der Waals surface area contributed by atoms with Gasteiger partial charge in [0.2, 0.25) is 0 Å². The third-order valence-electron chi connectivity index (χ3n) is 5.61. The number of rotatable bonds is 1. The predicted molar refractivity (Wildman–Crippen MR) is 85.6 cm³/mol. The van der Waals surface area contributed by atoms with Gasteiger partial charge in [-0.2, -0.15) is 0 Å². The standard InChI is InChI=1S/C18H26N2/c1-2-10-16-14(6-1)9-5-13-20(16)17-11-3-7-15-8-4-12-19-18(15)17/h3,7,11,14,16,19H,1-2,4-6,8-10,12-13H2/t14-,16-/m1/s1. The van der Waals surface area contributed by atoms with Crippen LogP contribution in [0.4, 0.5) is 11.4 Å². The summed E-state index contributed by atoms with van der Waals surface area (Å²) in [6, 6.07) is 7.75. The molecule has 1 saturated heterocycles. The summed E-state index contributed by atoms with van der Waals surface area (Å²) in [6.07, 6.45) is 11.1. The van der Waals surface area contributed by atoms with E-state index in [9.17, 15) is 0 Å². The minimum atomic E-state index is 0.813. The molecule has 0 radical (unpaired) electrons. The molecule has 20 heavy (non-hydrogen) atoms. The van der Waals surface area contributed by atoms with Gasteiger partial charge in [-0.05, 0) is 56.1 Å². The Morgan fingerprint density at radius 1 is 1.00 bits per heavy atom. The molecule has 2 heteroatoms. The van der Waals surface area contributed by atoms with Gasteiger partial charge in [-0.1, -0.05) is 25.0 Å². The fourth-order valence-electron chi connectivity index (χ4n) is 4.65. The highest BCUT2D eigenvalue weighted by Gasteiger charge is 2.34. The summed E-state index contributed by atoms with van der Waals surface area (Å²) >= 11 is 0. The van der Waals surface area contributed by atoms with Crippen LogP contribution in [-0.4, -0.2) is 19.1 Å². The van der Waals surface area contributed by atoms with Crippen LogP contribution in [0, 0.1) is 5.92 Å². The topological polar surface area (TPSA) is 15.3 Å². The Morgan fingerprint density at radius 3 is 2.90 bits per heavy atom. The first kappa shape index (κ1) is 12.6. The Bertz CT molecular complexity index is 480. The van der Waals surface area contributed by atoms with Gasteiger partial charge in [0.15, 0.2) is 0 Å². The Kier molecular flexibility index (Phi) is 3.33. The normalized spacial score (nSPS) is 29.3. The van der Waals surface area contributed by atoms with Crippen molar-refractivity contribution in [3.63, 3.8) is 0 Å². The van der Waals surface area contributed by atoms with Gasteiger partial charge in [0.05, 0.1) is 11.4 Å². The molecule has 2 aliphatic heterocycles. The van der Waals surface area contributed by atoms with E-state index in [1.54, 1.807) is 0 Å². The summed E-state index contributed by atoms with van der Waals surface area (Å²) in [6.45, 7) is 2.41. The molecular weight excluding hydrogens is 244 g/mol. The number of benzene rings is 1. The Labute approximate surface area is 122 Å². The molecule has 1 aromatic carbocycles. The smallest absolute Gasteiger partial charge is 0.0610 e. The summed E-state index contributed by atoms with van der Waals surface area (Å²) in [5, 5.41) is 3.68. The van der Waals surface area contributed by atoms with Crippen molar-refractivity contribution in [2.75, 3.05) is 23.3 Å². The van der Waals surface area contributed by atoms with E-state index in [0.717, 1.165) is 18.5 Å². The van der Waals surface area contributed by atoms with Crippen molar-refractivity contribution in [2.24, 2.45) is 5.92 Å². The van der Waals surface area contributed by atoms with E-state index < -0.39 is 0 Å². The summed E-state index contributed by atoms with van der Waals surface area (Å²) in [4.78, 5) is 2.75. The first-order valence-corrected chi connectivity index (χ1v) is 8.56. The van der Waals surface area contributed by atoms with Crippen LogP contribution in [0.5, 0.6) is 0 Å². The van der Waals surface area contributed by atoms with Crippen LogP contribution in [0.2, 0.25) is 0 Å². The number of aryl methyl sites for hydroxylation is 1. The number of nitrogens with one attached hydrogen (secondary N) is 1. The number of anilines is 2. The fraction of sp³-hybridized carbons (Fsp3) is 0.667. The second-order valence-corrected chi connectivity index (χ2v) is 6.79. The molecule has 2 fully saturated rings. The van der Waals surface area contributed by atoms with E-state index in [1.807, 2.05) is 0 Å². The second-order valence-electron chi connectivity index (χ2n) is 6.79. The Morgan fingerprint density at radius 2 is 1.90 bits per heavy atom. The lowest BCUT2D eigenvalue weighted by molar-refractivity contribution is 0.244. The van der Waals surface area contributed by atoms with Crippen LogP contribution >= 0.6 is 0 Å². The maximum absolute atomic E-state index is 3.68. The quantitative estimate of drug-likeness (QED) is 0.822. The van der Waals surface area contributed by atoms with Gasteiger partial charge in [-0.15, -0.1) is 0 Å². The van der Waals surface area contributed by atoms with Crippen molar-refractivity contribution in [3.8, 4) is 0 Å². The number of para-hydroxylation sites is 1. The molecule has 0 aromatic heterocycles. The number of hydrogen-bond acceptors (Lipinski definition) is 2. The molecule has 0 bridgehead atoms. The van der Waals surface area contributed by atoms with Crippen molar-refractivity contribution in [1.29, 1.82) is 0 Å². The molecule has 0 spiro atoms.